The van der Waals surface area contributed by atoms with Gasteiger partial charge in [0.05, 0.1) is 24.5 Å². The number of ether oxygens (including phenoxy) is 1. The van der Waals surface area contributed by atoms with Crippen molar-refractivity contribution in [3.63, 3.8) is 0 Å². The van der Waals surface area contributed by atoms with E-state index in [0.29, 0.717) is 44.0 Å². The predicted octanol–water partition coefficient (Wildman–Crippen LogP) is 1.35. The lowest BCUT2D eigenvalue weighted by Gasteiger charge is -2.36. The molecule has 0 radical (unpaired) electrons. The van der Waals surface area contributed by atoms with Crippen molar-refractivity contribution in [3.05, 3.63) is 47.9 Å². The number of piperazine rings is 1. The molecule has 0 spiro atoms. The van der Waals surface area contributed by atoms with Gasteiger partial charge in [-0.3, -0.25) is 19.5 Å². The van der Waals surface area contributed by atoms with Crippen molar-refractivity contribution in [3.8, 4) is 0 Å². The van der Waals surface area contributed by atoms with Crippen molar-refractivity contribution in [2.24, 2.45) is 0 Å². The van der Waals surface area contributed by atoms with Crippen LogP contribution in [-0.2, 0) is 4.74 Å². The Labute approximate surface area is 212 Å². The molecule has 2 fully saturated rings. The molecule has 2 aliphatic heterocycles. The SMILES string of the molecule is CCNc1cccnc1N1CCN(C(=O)c2ccc(C(=O)NCCN3CCOCC3)cn2)CC1.Cl. The van der Waals surface area contributed by atoms with Crippen molar-refractivity contribution in [2.45, 2.75) is 6.92 Å². The molecular formula is C24H34ClN7O3. The fourth-order valence-corrected chi connectivity index (χ4v) is 4.17. The van der Waals surface area contributed by atoms with E-state index in [1.807, 2.05) is 12.1 Å². The van der Waals surface area contributed by atoms with E-state index < -0.39 is 0 Å². The number of aromatic nitrogens is 2. The molecule has 10 nitrogen and oxygen atoms in total. The van der Waals surface area contributed by atoms with Crippen molar-refractivity contribution in [1.82, 2.24) is 25.1 Å². The molecule has 190 valence electrons. The van der Waals surface area contributed by atoms with Gasteiger partial charge in [0, 0.05) is 71.3 Å². The number of pyridine rings is 2. The Morgan fingerprint density at radius 1 is 1.03 bits per heavy atom. The summed E-state index contributed by atoms with van der Waals surface area (Å²) in [6.07, 6.45) is 3.27. The van der Waals surface area contributed by atoms with Gasteiger partial charge in [-0.15, -0.1) is 12.4 Å². The Balaban J connectivity index is 0.00000342. The summed E-state index contributed by atoms with van der Waals surface area (Å²) in [7, 11) is 0. The maximum absolute atomic E-state index is 12.9. The number of carbonyl (C=O) groups excluding carboxylic acids is 2. The maximum atomic E-state index is 12.9. The van der Waals surface area contributed by atoms with Gasteiger partial charge < -0.3 is 25.2 Å². The van der Waals surface area contributed by atoms with E-state index in [4.69, 9.17) is 4.74 Å². The van der Waals surface area contributed by atoms with Gasteiger partial charge in [0.2, 0.25) is 0 Å². The highest BCUT2D eigenvalue weighted by Gasteiger charge is 2.25. The molecule has 2 aromatic heterocycles. The Morgan fingerprint density at radius 3 is 2.49 bits per heavy atom. The average Bonchev–Trinajstić information content (AvgIpc) is 2.89. The van der Waals surface area contributed by atoms with Crippen LogP contribution in [-0.4, -0.2) is 104 Å². The van der Waals surface area contributed by atoms with Crippen LogP contribution in [0.15, 0.2) is 36.7 Å². The molecule has 35 heavy (non-hydrogen) atoms. The normalized spacial score (nSPS) is 16.4. The summed E-state index contributed by atoms with van der Waals surface area (Å²) in [4.78, 5) is 40.4. The first-order valence-corrected chi connectivity index (χ1v) is 11.9. The summed E-state index contributed by atoms with van der Waals surface area (Å²) in [5.41, 5.74) is 1.81. The molecule has 0 atom stereocenters. The monoisotopic (exact) mass is 503 g/mol. The first kappa shape index (κ1) is 26.7. The molecule has 2 aromatic rings. The van der Waals surface area contributed by atoms with Crippen LogP contribution < -0.4 is 15.5 Å². The van der Waals surface area contributed by atoms with Gasteiger partial charge in [-0.2, -0.15) is 0 Å². The smallest absolute Gasteiger partial charge is 0.272 e. The fraction of sp³-hybridized carbons (Fsp3) is 0.500. The molecule has 4 heterocycles. The Kier molecular flexibility index (Phi) is 10.1. The van der Waals surface area contributed by atoms with E-state index in [1.165, 1.54) is 6.20 Å². The molecule has 11 heteroatoms. The molecule has 2 saturated heterocycles. The third kappa shape index (κ3) is 7.03. The van der Waals surface area contributed by atoms with Crippen LogP contribution in [0.4, 0.5) is 11.5 Å². The number of anilines is 2. The summed E-state index contributed by atoms with van der Waals surface area (Å²) in [6.45, 7) is 10.1. The van der Waals surface area contributed by atoms with Crippen molar-refractivity contribution >= 4 is 35.7 Å². The zero-order valence-corrected chi connectivity index (χ0v) is 20.9. The molecular weight excluding hydrogens is 470 g/mol. The molecule has 4 rings (SSSR count). The number of morpholine rings is 1. The standard InChI is InChI=1S/C24H33N7O3.ClH/c1-2-25-20-4-3-7-26-22(20)30-10-12-31(13-11-30)24(33)21-6-5-19(18-28-21)23(32)27-8-9-29-14-16-34-17-15-29;/h3-7,18,25H,2,8-17H2,1H3,(H,27,32);1H. The minimum atomic E-state index is -0.180. The number of halogens is 1. The number of hydrogen-bond acceptors (Lipinski definition) is 8. The van der Waals surface area contributed by atoms with E-state index in [2.05, 4.69) is 37.3 Å². The Morgan fingerprint density at radius 2 is 1.80 bits per heavy atom. The molecule has 0 aliphatic carbocycles. The zero-order chi connectivity index (χ0) is 23.8. The van der Waals surface area contributed by atoms with Crippen LogP contribution >= 0.6 is 12.4 Å². The largest absolute Gasteiger partial charge is 0.382 e. The van der Waals surface area contributed by atoms with Crippen LogP contribution in [0.3, 0.4) is 0 Å². The van der Waals surface area contributed by atoms with Crippen molar-refractivity contribution in [1.29, 1.82) is 0 Å². The van der Waals surface area contributed by atoms with Crippen molar-refractivity contribution < 1.29 is 14.3 Å². The fourth-order valence-electron chi connectivity index (χ4n) is 4.17. The third-order valence-electron chi connectivity index (χ3n) is 6.08. The molecule has 2 aliphatic rings. The maximum Gasteiger partial charge on any atom is 0.272 e. The third-order valence-corrected chi connectivity index (χ3v) is 6.08. The average molecular weight is 504 g/mol. The van der Waals surface area contributed by atoms with Crippen LogP contribution in [0.5, 0.6) is 0 Å². The summed E-state index contributed by atoms with van der Waals surface area (Å²) < 4.78 is 5.33. The molecule has 2 amide bonds. The highest BCUT2D eigenvalue weighted by atomic mass is 35.5. The van der Waals surface area contributed by atoms with Gasteiger partial charge in [-0.1, -0.05) is 0 Å². The molecule has 0 unspecified atom stereocenters. The lowest BCUT2D eigenvalue weighted by molar-refractivity contribution is 0.0383. The van der Waals surface area contributed by atoms with Gasteiger partial charge in [-0.25, -0.2) is 4.98 Å². The van der Waals surface area contributed by atoms with E-state index in [9.17, 15) is 9.59 Å². The van der Waals surface area contributed by atoms with Crippen molar-refractivity contribution in [2.75, 3.05) is 82.3 Å². The van der Waals surface area contributed by atoms with Crippen LogP contribution in [0.25, 0.3) is 0 Å². The van der Waals surface area contributed by atoms with Crippen LogP contribution in [0.1, 0.15) is 27.8 Å². The van der Waals surface area contributed by atoms with Gasteiger partial charge in [0.1, 0.15) is 5.69 Å². The molecule has 0 bridgehead atoms. The zero-order valence-electron chi connectivity index (χ0n) is 20.1. The minimum Gasteiger partial charge on any atom is -0.382 e. The molecule has 2 N–H and O–H groups in total. The predicted molar refractivity (Wildman–Crippen MR) is 138 cm³/mol. The lowest BCUT2D eigenvalue weighted by atomic mass is 10.2. The minimum absolute atomic E-state index is 0. The Bertz CT molecular complexity index is 962. The first-order chi connectivity index (χ1) is 16.7. The topological polar surface area (TPSA) is 103 Å². The first-order valence-electron chi connectivity index (χ1n) is 11.9. The number of nitrogens with zero attached hydrogens (tertiary/aromatic N) is 5. The number of rotatable bonds is 8. The second-order valence-electron chi connectivity index (χ2n) is 8.33. The number of carbonyl (C=O) groups is 2. The van der Waals surface area contributed by atoms with Gasteiger partial charge in [-0.05, 0) is 31.2 Å². The van der Waals surface area contributed by atoms with Crippen LogP contribution in [0.2, 0.25) is 0 Å². The Hall–Kier alpha value is -2.95. The number of amides is 2. The summed E-state index contributed by atoms with van der Waals surface area (Å²) in [5, 5.41) is 6.26. The van der Waals surface area contributed by atoms with E-state index in [-0.39, 0.29) is 24.2 Å². The summed E-state index contributed by atoms with van der Waals surface area (Å²) in [5.74, 6) is 0.616. The second-order valence-corrected chi connectivity index (χ2v) is 8.33. The molecule has 0 aromatic carbocycles. The highest BCUT2D eigenvalue weighted by Crippen LogP contribution is 2.24. The number of nitrogens with one attached hydrogen (secondary N) is 2. The second kappa shape index (κ2) is 13.2. The van der Waals surface area contributed by atoms with E-state index >= 15 is 0 Å². The highest BCUT2D eigenvalue weighted by molar-refractivity contribution is 5.96. The van der Waals surface area contributed by atoms with Gasteiger partial charge in [0.15, 0.2) is 5.82 Å². The van der Waals surface area contributed by atoms with E-state index in [0.717, 1.165) is 50.9 Å². The van der Waals surface area contributed by atoms with Crippen LogP contribution in [0, 0.1) is 0 Å². The quantitative estimate of drug-likeness (QED) is 0.556. The van der Waals surface area contributed by atoms with Gasteiger partial charge >= 0.3 is 0 Å². The molecule has 0 saturated carbocycles. The van der Waals surface area contributed by atoms with E-state index in [1.54, 1.807) is 23.2 Å². The summed E-state index contributed by atoms with van der Waals surface area (Å²) >= 11 is 0. The number of hydrogen-bond donors (Lipinski definition) is 2. The summed E-state index contributed by atoms with van der Waals surface area (Å²) in [6, 6.07) is 7.24. The lowest BCUT2D eigenvalue weighted by Crippen LogP contribution is -2.49. The van der Waals surface area contributed by atoms with Gasteiger partial charge in [0.25, 0.3) is 11.8 Å².